The van der Waals surface area contributed by atoms with Crippen LogP contribution in [0.3, 0.4) is 0 Å². The van der Waals surface area contributed by atoms with Gasteiger partial charge in [0.25, 0.3) is 5.56 Å². The van der Waals surface area contributed by atoms with Crippen LogP contribution in [0.25, 0.3) is 10.9 Å². The Morgan fingerprint density at radius 1 is 1.41 bits per heavy atom. The molecule has 0 spiro atoms. The zero-order chi connectivity index (χ0) is 16.3. The van der Waals surface area contributed by atoms with Crippen LogP contribution in [0.15, 0.2) is 23.0 Å². The predicted molar refractivity (Wildman–Crippen MR) is 91.7 cm³/mol. The van der Waals surface area contributed by atoms with Crippen LogP contribution in [0.2, 0.25) is 5.02 Å². The van der Waals surface area contributed by atoms with Gasteiger partial charge in [0.1, 0.15) is 5.82 Å². The van der Waals surface area contributed by atoms with E-state index in [1.54, 1.807) is 22.8 Å². The maximum atomic E-state index is 12.6. The summed E-state index contributed by atoms with van der Waals surface area (Å²) in [7, 11) is 4.07. The summed E-state index contributed by atoms with van der Waals surface area (Å²) >= 11 is 5.99. The molecule has 0 saturated heterocycles. The van der Waals surface area contributed by atoms with Crippen molar-refractivity contribution < 1.29 is 0 Å². The van der Waals surface area contributed by atoms with Gasteiger partial charge in [0.15, 0.2) is 0 Å². The fourth-order valence-electron chi connectivity index (χ4n) is 2.44. The van der Waals surface area contributed by atoms with Crippen molar-refractivity contribution in [3.8, 4) is 0 Å². The highest BCUT2D eigenvalue weighted by atomic mass is 35.5. The number of hydrogen-bond donors (Lipinski definition) is 1. The topological polar surface area (TPSA) is 50.2 Å². The third kappa shape index (κ3) is 3.66. The number of nitrogens with one attached hydrogen (secondary N) is 1. The van der Waals surface area contributed by atoms with Crippen LogP contribution in [0.5, 0.6) is 0 Å². The van der Waals surface area contributed by atoms with Crippen molar-refractivity contribution in [2.75, 3.05) is 27.2 Å². The molecule has 5 nitrogen and oxygen atoms in total. The molecule has 0 amide bonds. The van der Waals surface area contributed by atoms with E-state index in [0.29, 0.717) is 22.5 Å². The van der Waals surface area contributed by atoms with Gasteiger partial charge in [-0.05, 0) is 46.1 Å². The first-order chi connectivity index (χ1) is 10.4. The summed E-state index contributed by atoms with van der Waals surface area (Å²) in [5.41, 5.74) is 0.654. The summed E-state index contributed by atoms with van der Waals surface area (Å²) in [4.78, 5) is 19.4. The minimum atomic E-state index is -0.0359. The van der Waals surface area contributed by atoms with E-state index in [2.05, 4.69) is 15.2 Å². The fraction of sp³-hybridized carbons (Fsp3) is 0.500. The zero-order valence-corrected chi connectivity index (χ0v) is 14.3. The van der Waals surface area contributed by atoms with Gasteiger partial charge in [-0.25, -0.2) is 4.98 Å². The van der Waals surface area contributed by atoms with Gasteiger partial charge in [-0.15, -0.1) is 0 Å². The van der Waals surface area contributed by atoms with Gasteiger partial charge in [-0.3, -0.25) is 9.36 Å². The van der Waals surface area contributed by atoms with Crippen molar-refractivity contribution >= 4 is 22.5 Å². The molecule has 1 aromatic carbocycles. The average molecular weight is 323 g/mol. The first kappa shape index (κ1) is 16.9. The Hall–Kier alpha value is -1.43. The molecule has 2 rings (SSSR count). The molecular weight excluding hydrogens is 300 g/mol. The van der Waals surface area contributed by atoms with E-state index in [4.69, 9.17) is 11.6 Å². The standard InChI is InChI=1S/C16H23ClN4O/c1-5-21-15(11(2)18-8-9-20(3)4)19-14-7-6-12(17)10-13(14)16(21)22/h6-7,10-11,18H,5,8-9H2,1-4H3/t11-/m0/s1. The number of rotatable bonds is 6. The van der Waals surface area contributed by atoms with Crippen LogP contribution < -0.4 is 10.9 Å². The summed E-state index contributed by atoms with van der Waals surface area (Å²) in [6.45, 7) is 6.35. The van der Waals surface area contributed by atoms with Crippen molar-refractivity contribution in [2.24, 2.45) is 0 Å². The van der Waals surface area contributed by atoms with Gasteiger partial charge in [-0.1, -0.05) is 11.6 Å². The van der Waals surface area contributed by atoms with Crippen LogP contribution in [-0.2, 0) is 6.54 Å². The third-order valence-corrected chi connectivity index (χ3v) is 3.89. The zero-order valence-electron chi connectivity index (χ0n) is 13.6. The molecule has 1 heterocycles. The molecule has 120 valence electrons. The lowest BCUT2D eigenvalue weighted by Gasteiger charge is -2.19. The molecule has 2 aromatic rings. The van der Waals surface area contributed by atoms with E-state index in [0.717, 1.165) is 18.9 Å². The number of nitrogens with zero attached hydrogens (tertiary/aromatic N) is 3. The Morgan fingerprint density at radius 2 is 2.14 bits per heavy atom. The Labute approximate surface area is 135 Å². The molecule has 0 saturated carbocycles. The lowest BCUT2D eigenvalue weighted by atomic mass is 10.2. The maximum absolute atomic E-state index is 12.6. The lowest BCUT2D eigenvalue weighted by Crippen LogP contribution is -2.33. The van der Waals surface area contributed by atoms with Crippen molar-refractivity contribution in [1.82, 2.24) is 19.8 Å². The minimum Gasteiger partial charge on any atom is -0.308 e. The van der Waals surface area contributed by atoms with Crippen LogP contribution >= 0.6 is 11.6 Å². The average Bonchev–Trinajstić information content (AvgIpc) is 2.47. The monoisotopic (exact) mass is 322 g/mol. The second-order valence-electron chi connectivity index (χ2n) is 5.66. The van der Waals surface area contributed by atoms with Crippen molar-refractivity contribution in [3.05, 3.63) is 39.4 Å². The Bertz CT molecular complexity index is 711. The quantitative estimate of drug-likeness (QED) is 0.886. The van der Waals surface area contributed by atoms with E-state index in [-0.39, 0.29) is 11.6 Å². The van der Waals surface area contributed by atoms with Gasteiger partial charge >= 0.3 is 0 Å². The van der Waals surface area contributed by atoms with Crippen molar-refractivity contribution in [1.29, 1.82) is 0 Å². The van der Waals surface area contributed by atoms with Crippen LogP contribution in [0.1, 0.15) is 25.7 Å². The molecule has 0 aliphatic rings. The van der Waals surface area contributed by atoms with Crippen LogP contribution in [-0.4, -0.2) is 41.6 Å². The van der Waals surface area contributed by atoms with E-state index in [9.17, 15) is 4.79 Å². The highest BCUT2D eigenvalue weighted by Gasteiger charge is 2.15. The SMILES string of the molecule is CCn1c([C@H](C)NCCN(C)C)nc2ccc(Cl)cc2c1=O. The second kappa shape index (κ2) is 7.22. The molecular formula is C16H23ClN4O. The predicted octanol–water partition coefficient (Wildman–Crippen LogP) is 2.28. The first-order valence-corrected chi connectivity index (χ1v) is 7.90. The van der Waals surface area contributed by atoms with Gasteiger partial charge in [-0.2, -0.15) is 0 Å². The summed E-state index contributed by atoms with van der Waals surface area (Å²) in [6, 6.07) is 5.26. The maximum Gasteiger partial charge on any atom is 0.261 e. The molecule has 1 N–H and O–H groups in total. The Kier molecular flexibility index (Phi) is 5.56. The summed E-state index contributed by atoms with van der Waals surface area (Å²) in [5, 5.41) is 4.54. The molecule has 6 heteroatoms. The highest BCUT2D eigenvalue weighted by Crippen LogP contribution is 2.17. The number of benzene rings is 1. The Balaban J connectivity index is 2.40. The van der Waals surface area contributed by atoms with Gasteiger partial charge in [0, 0.05) is 24.7 Å². The number of hydrogen-bond acceptors (Lipinski definition) is 4. The number of halogens is 1. The minimum absolute atomic E-state index is 0.00711. The van der Waals surface area contributed by atoms with Gasteiger partial charge in [0.05, 0.1) is 16.9 Å². The second-order valence-corrected chi connectivity index (χ2v) is 6.10. The summed E-state index contributed by atoms with van der Waals surface area (Å²) in [5.74, 6) is 0.765. The van der Waals surface area contributed by atoms with Crippen LogP contribution in [0.4, 0.5) is 0 Å². The molecule has 0 aliphatic carbocycles. The normalized spacial score (nSPS) is 13.0. The van der Waals surface area contributed by atoms with E-state index >= 15 is 0 Å². The number of aromatic nitrogens is 2. The highest BCUT2D eigenvalue weighted by molar-refractivity contribution is 6.31. The number of fused-ring (bicyclic) bond motifs is 1. The molecule has 1 atom stereocenters. The van der Waals surface area contributed by atoms with Crippen LogP contribution in [0, 0.1) is 0 Å². The van der Waals surface area contributed by atoms with Gasteiger partial charge < -0.3 is 10.2 Å². The molecule has 0 fully saturated rings. The first-order valence-electron chi connectivity index (χ1n) is 7.52. The molecule has 1 aromatic heterocycles. The summed E-state index contributed by atoms with van der Waals surface area (Å²) in [6.07, 6.45) is 0. The molecule has 0 radical (unpaired) electrons. The van der Waals surface area contributed by atoms with E-state index in [1.807, 2.05) is 27.9 Å². The molecule has 0 aliphatic heterocycles. The van der Waals surface area contributed by atoms with E-state index < -0.39 is 0 Å². The lowest BCUT2D eigenvalue weighted by molar-refractivity contribution is 0.383. The van der Waals surface area contributed by atoms with Gasteiger partial charge in [0.2, 0.25) is 0 Å². The van der Waals surface area contributed by atoms with Crippen molar-refractivity contribution in [3.63, 3.8) is 0 Å². The fourth-order valence-corrected chi connectivity index (χ4v) is 2.61. The smallest absolute Gasteiger partial charge is 0.261 e. The summed E-state index contributed by atoms with van der Waals surface area (Å²) < 4.78 is 1.71. The molecule has 22 heavy (non-hydrogen) atoms. The van der Waals surface area contributed by atoms with E-state index in [1.165, 1.54) is 0 Å². The Morgan fingerprint density at radius 3 is 2.77 bits per heavy atom. The third-order valence-electron chi connectivity index (χ3n) is 3.66. The molecule has 0 unspecified atom stereocenters. The van der Waals surface area contributed by atoms with Crippen molar-refractivity contribution in [2.45, 2.75) is 26.4 Å². The molecule has 0 bridgehead atoms. The largest absolute Gasteiger partial charge is 0.308 e. The number of likely N-dealkylation sites (N-methyl/N-ethyl adjacent to an activating group) is 1.